The van der Waals surface area contributed by atoms with Crippen LogP contribution in [-0.2, 0) is 4.79 Å². The van der Waals surface area contributed by atoms with E-state index in [1.807, 2.05) is 17.0 Å². The van der Waals surface area contributed by atoms with Gasteiger partial charge in [0.2, 0.25) is 0 Å². The third kappa shape index (κ3) is 3.63. The molecule has 2 aromatic rings. The van der Waals surface area contributed by atoms with Gasteiger partial charge in [-0.15, -0.1) is 0 Å². The second-order valence-electron chi connectivity index (χ2n) is 7.63. The number of aliphatic hydroxyl groups is 1. The van der Waals surface area contributed by atoms with Crippen LogP contribution in [0.1, 0.15) is 30.4 Å². The van der Waals surface area contributed by atoms with Gasteiger partial charge in [-0.05, 0) is 24.5 Å². The van der Waals surface area contributed by atoms with Crippen molar-refractivity contribution in [3.05, 3.63) is 71.8 Å². The molecule has 4 rings (SSSR count). The van der Waals surface area contributed by atoms with Gasteiger partial charge in [0.05, 0.1) is 0 Å². The smallest absolute Gasteiger partial charge is 0.251 e. The maximum atomic E-state index is 12.3. The topological polar surface area (TPSA) is 64.6 Å². The second kappa shape index (κ2) is 7.80. The number of benzene rings is 2. The molecule has 0 radical (unpaired) electrons. The predicted octanol–water partition coefficient (Wildman–Crippen LogP) is 1.89. The fraction of sp³-hybridized carbons (Fsp3) is 0.409. The lowest BCUT2D eigenvalue weighted by atomic mass is 9.76. The number of piperidine rings is 1. The highest BCUT2D eigenvalue weighted by atomic mass is 16.3. The van der Waals surface area contributed by atoms with Crippen LogP contribution in [0.2, 0.25) is 0 Å². The first-order valence-electron chi connectivity index (χ1n) is 9.73. The molecule has 5 heteroatoms. The second-order valence-corrected chi connectivity index (χ2v) is 7.63. The first-order valence-corrected chi connectivity index (χ1v) is 9.73. The van der Waals surface area contributed by atoms with E-state index in [4.69, 9.17) is 0 Å². The van der Waals surface area contributed by atoms with Crippen molar-refractivity contribution in [3.63, 3.8) is 0 Å². The lowest BCUT2D eigenvalue weighted by molar-refractivity contribution is -0.141. The molecule has 0 aromatic heterocycles. The summed E-state index contributed by atoms with van der Waals surface area (Å²) in [6.07, 6.45) is -0.0514. The number of rotatable bonds is 4. The molecule has 2 aliphatic rings. The van der Waals surface area contributed by atoms with E-state index in [-0.39, 0.29) is 23.8 Å². The summed E-state index contributed by atoms with van der Waals surface area (Å²) >= 11 is 0. The van der Waals surface area contributed by atoms with Crippen LogP contribution in [-0.4, -0.2) is 47.2 Å². The molecule has 0 aliphatic carbocycles. The van der Waals surface area contributed by atoms with Crippen LogP contribution in [0.5, 0.6) is 0 Å². The fourth-order valence-electron chi connectivity index (χ4n) is 4.56. The molecule has 0 saturated carbocycles. The number of hydrazine groups is 1. The molecule has 3 N–H and O–H groups in total. The van der Waals surface area contributed by atoms with Crippen LogP contribution in [0.4, 0.5) is 0 Å². The van der Waals surface area contributed by atoms with Crippen molar-refractivity contribution in [2.75, 3.05) is 13.1 Å². The van der Waals surface area contributed by atoms with Gasteiger partial charge < -0.3 is 10.0 Å². The number of nitrogens with one attached hydrogen (secondary N) is 2. The monoisotopic (exact) mass is 365 g/mol. The summed E-state index contributed by atoms with van der Waals surface area (Å²) in [5.74, 6) is 0.304. The van der Waals surface area contributed by atoms with Gasteiger partial charge in [0.1, 0.15) is 6.10 Å². The van der Waals surface area contributed by atoms with Gasteiger partial charge in [-0.25, -0.2) is 0 Å². The molecular weight excluding hydrogens is 338 g/mol. The number of aliphatic hydroxyl groups excluding tert-OH is 1. The van der Waals surface area contributed by atoms with Crippen LogP contribution in [0, 0.1) is 5.92 Å². The number of fused-ring (bicyclic) bond motifs is 1. The van der Waals surface area contributed by atoms with Crippen molar-refractivity contribution < 1.29 is 9.90 Å². The molecule has 2 heterocycles. The molecule has 0 spiro atoms. The molecule has 1 amide bonds. The highest BCUT2D eigenvalue weighted by molar-refractivity contribution is 5.80. The number of carbonyl (C=O) groups excluding carboxylic acids is 1. The highest BCUT2D eigenvalue weighted by Crippen LogP contribution is 2.37. The van der Waals surface area contributed by atoms with Crippen LogP contribution in [0.25, 0.3) is 0 Å². The maximum Gasteiger partial charge on any atom is 0.251 e. The first kappa shape index (κ1) is 18.2. The van der Waals surface area contributed by atoms with Crippen molar-refractivity contribution in [1.29, 1.82) is 0 Å². The number of hydrogen-bond acceptors (Lipinski definition) is 4. The Hall–Kier alpha value is -2.21. The van der Waals surface area contributed by atoms with E-state index in [0.717, 1.165) is 6.42 Å². The minimum atomic E-state index is -0.943. The van der Waals surface area contributed by atoms with Gasteiger partial charge in [0.25, 0.3) is 5.91 Å². The summed E-state index contributed by atoms with van der Waals surface area (Å²) in [5, 5.41) is 9.72. The van der Waals surface area contributed by atoms with Gasteiger partial charge in [0.15, 0.2) is 0 Å². The van der Waals surface area contributed by atoms with Crippen molar-refractivity contribution in [3.8, 4) is 0 Å². The Bertz CT molecular complexity index is 726. The average molecular weight is 365 g/mol. The fourth-order valence-corrected chi connectivity index (χ4v) is 4.56. The lowest BCUT2D eigenvalue weighted by Gasteiger charge is -2.38. The minimum absolute atomic E-state index is 0.171. The predicted molar refractivity (Wildman–Crippen MR) is 105 cm³/mol. The van der Waals surface area contributed by atoms with Gasteiger partial charge in [-0.2, -0.15) is 0 Å². The van der Waals surface area contributed by atoms with E-state index in [0.29, 0.717) is 19.1 Å². The molecular formula is C22H27N3O2. The van der Waals surface area contributed by atoms with E-state index >= 15 is 0 Å². The van der Waals surface area contributed by atoms with Crippen molar-refractivity contribution in [2.24, 2.45) is 5.92 Å². The Balaban J connectivity index is 1.65. The zero-order valence-corrected chi connectivity index (χ0v) is 15.6. The number of nitrogens with zero attached hydrogens (tertiary/aromatic N) is 1. The zero-order chi connectivity index (χ0) is 18.8. The largest absolute Gasteiger partial charge is 0.384 e. The Morgan fingerprint density at radius 3 is 2.19 bits per heavy atom. The number of likely N-dealkylation sites (tertiary alicyclic amines) is 1. The van der Waals surface area contributed by atoms with E-state index in [1.54, 1.807) is 6.92 Å². The summed E-state index contributed by atoms with van der Waals surface area (Å²) in [7, 11) is 0. The Kier molecular flexibility index (Phi) is 5.25. The molecule has 0 bridgehead atoms. The molecule has 2 fully saturated rings. The first-order chi connectivity index (χ1) is 13.1. The zero-order valence-electron chi connectivity index (χ0n) is 15.6. The van der Waals surface area contributed by atoms with E-state index in [9.17, 15) is 9.90 Å². The van der Waals surface area contributed by atoms with Crippen molar-refractivity contribution >= 4 is 5.91 Å². The van der Waals surface area contributed by atoms with Crippen molar-refractivity contribution in [2.45, 2.75) is 37.5 Å². The highest BCUT2D eigenvalue weighted by Gasteiger charge is 2.45. The molecule has 2 aromatic carbocycles. The SMILES string of the molecule is CC(O)C(=O)N1CCC2NNC(C(c3ccccc3)c3ccccc3)C2C1. The summed E-state index contributed by atoms with van der Waals surface area (Å²) in [6.45, 7) is 2.90. The van der Waals surface area contributed by atoms with Gasteiger partial charge >= 0.3 is 0 Å². The Morgan fingerprint density at radius 1 is 1.04 bits per heavy atom. The van der Waals surface area contributed by atoms with Gasteiger partial charge in [-0.3, -0.25) is 15.6 Å². The molecule has 142 valence electrons. The molecule has 5 nitrogen and oxygen atoms in total. The van der Waals surface area contributed by atoms with Crippen LogP contribution < -0.4 is 10.9 Å². The Labute approximate surface area is 160 Å². The number of amides is 1. The minimum Gasteiger partial charge on any atom is -0.384 e. The van der Waals surface area contributed by atoms with E-state index in [1.165, 1.54) is 11.1 Å². The summed E-state index contributed by atoms with van der Waals surface area (Å²) < 4.78 is 0. The molecule has 27 heavy (non-hydrogen) atoms. The summed E-state index contributed by atoms with van der Waals surface area (Å²) in [6, 6.07) is 21.6. The van der Waals surface area contributed by atoms with Crippen LogP contribution >= 0.6 is 0 Å². The normalized spacial score (nSPS) is 26.0. The Morgan fingerprint density at radius 2 is 1.63 bits per heavy atom. The van der Waals surface area contributed by atoms with Crippen LogP contribution in [0.3, 0.4) is 0 Å². The van der Waals surface area contributed by atoms with Gasteiger partial charge in [0, 0.05) is 37.0 Å². The van der Waals surface area contributed by atoms with E-state index in [2.05, 4.69) is 59.4 Å². The van der Waals surface area contributed by atoms with Crippen molar-refractivity contribution in [1.82, 2.24) is 15.8 Å². The van der Waals surface area contributed by atoms with Crippen LogP contribution in [0.15, 0.2) is 60.7 Å². The lowest BCUT2D eigenvalue weighted by Crippen LogP contribution is -2.51. The third-order valence-corrected chi connectivity index (χ3v) is 5.90. The summed E-state index contributed by atoms with van der Waals surface area (Å²) in [4.78, 5) is 14.2. The quantitative estimate of drug-likeness (QED) is 0.774. The summed E-state index contributed by atoms with van der Waals surface area (Å²) in [5.41, 5.74) is 9.53. The maximum absolute atomic E-state index is 12.3. The number of hydrogen-bond donors (Lipinski definition) is 3. The molecule has 4 atom stereocenters. The third-order valence-electron chi connectivity index (χ3n) is 5.90. The molecule has 2 saturated heterocycles. The molecule has 2 aliphatic heterocycles. The molecule has 4 unspecified atom stereocenters. The average Bonchev–Trinajstić information content (AvgIpc) is 3.12. The van der Waals surface area contributed by atoms with Gasteiger partial charge in [-0.1, -0.05) is 60.7 Å². The number of carbonyl (C=O) groups is 1. The standard InChI is InChI=1S/C22H27N3O2/c1-15(26)22(27)25-13-12-19-18(14-25)21(24-23-19)20(16-8-4-2-5-9-16)17-10-6-3-7-11-17/h2-11,15,18-21,23-24,26H,12-14H2,1H3. The van der Waals surface area contributed by atoms with E-state index < -0.39 is 6.10 Å².